The van der Waals surface area contributed by atoms with Crippen LogP contribution >= 0.6 is 11.3 Å². The molecule has 0 bridgehead atoms. The fraction of sp³-hybridized carbons (Fsp3) is 0.476. The summed E-state index contributed by atoms with van der Waals surface area (Å²) >= 11 is 1.33. The Balaban J connectivity index is 1.97. The number of amides is 1. The van der Waals surface area contributed by atoms with Crippen molar-refractivity contribution in [3.63, 3.8) is 0 Å². The molecule has 0 aliphatic rings. The first-order chi connectivity index (χ1) is 13.8. The lowest BCUT2D eigenvalue weighted by Crippen LogP contribution is -2.39. The lowest BCUT2D eigenvalue weighted by Gasteiger charge is -2.24. The third kappa shape index (κ3) is 4.64. The van der Waals surface area contributed by atoms with Gasteiger partial charge in [0.15, 0.2) is 10.8 Å². The van der Waals surface area contributed by atoms with Gasteiger partial charge in [0.05, 0.1) is 10.2 Å². The summed E-state index contributed by atoms with van der Waals surface area (Å²) in [4.78, 5) is 21.9. The SMILES string of the molecule is CCN(CC)CCN(C(=O)c1cc(C)n(C(C)C)n1)c1nc2ccc(F)cc2s1. The molecule has 0 fully saturated rings. The molecular weight excluding hydrogens is 389 g/mol. The number of anilines is 1. The number of nitrogens with zero attached hydrogens (tertiary/aromatic N) is 5. The molecule has 0 atom stereocenters. The summed E-state index contributed by atoms with van der Waals surface area (Å²) in [7, 11) is 0. The quantitative estimate of drug-likeness (QED) is 0.541. The molecule has 6 nitrogen and oxygen atoms in total. The molecule has 2 heterocycles. The van der Waals surface area contributed by atoms with Crippen LogP contribution < -0.4 is 4.90 Å². The first-order valence-corrected chi connectivity index (χ1v) is 10.8. The average molecular weight is 418 g/mol. The van der Waals surface area contributed by atoms with E-state index in [1.165, 1.54) is 23.5 Å². The fourth-order valence-electron chi connectivity index (χ4n) is 3.32. The second-order valence-corrected chi connectivity index (χ2v) is 8.31. The predicted octanol–water partition coefficient (Wildman–Crippen LogP) is 4.51. The average Bonchev–Trinajstić information content (AvgIpc) is 3.28. The van der Waals surface area contributed by atoms with Crippen molar-refractivity contribution in [1.82, 2.24) is 19.7 Å². The van der Waals surface area contributed by atoms with Gasteiger partial charge in [-0.3, -0.25) is 14.4 Å². The Hall–Kier alpha value is -2.32. The van der Waals surface area contributed by atoms with Crippen LogP contribution in [0.3, 0.4) is 0 Å². The number of halogens is 1. The Morgan fingerprint density at radius 3 is 2.55 bits per heavy atom. The van der Waals surface area contributed by atoms with Gasteiger partial charge in [-0.15, -0.1) is 0 Å². The van der Waals surface area contributed by atoms with E-state index < -0.39 is 0 Å². The van der Waals surface area contributed by atoms with Crippen LogP contribution in [0.4, 0.5) is 9.52 Å². The molecule has 1 aromatic carbocycles. The van der Waals surface area contributed by atoms with E-state index in [1.54, 1.807) is 11.0 Å². The largest absolute Gasteiger partial charge is 0.302 e. The molecule has 3 rings (SSSR count). The Morgan fingerprint density at radius 2 is 1.93 bits per heavy atom. The Labute approximate surface area is 174 Å². The zero-order chi connectivity index (χ0) is 21.1. The Kier molecular flexibility index (Phi) is 6.64. The number of hydrogen-bond donors (Lipinski definition) is 0. The number of rotatable bonds is 8. The lowest BCUT2D eigenvalue weighted by molar-refractivity contribution is 0.0978. The number of hydrogen-bond acceptors (Lipinski definition) is 5. The molecule has 3 aromatic rings. The minimum Gasteiger partial charge on any atom is -0.302 e. The predicted molar refractivity (Wildman–Crippen MR) is 116 cm³/mol. The summed E-state index contributed by atoms with van der Waals surface area (Å²) in [6, 6.07) is 6.49. The smallest absolute Gasteiger partial charge is 0.280 e. The second kappa shape index (κ2) is 9.00. The van der Waals surface area contributed by atoms with Crippen LogP contribution in [0, 0.1) is 12.7 Å². The van der Waals surface area contributed by atoms with E-state index in [0.717, 1.165) is 30.0 Å². The highest BCUT2D eigenvalue weighted by molar-refractivity contribution is 7.22. The minimum atomic E-state index is -0.306. The van der Waals surface area contributed by atoms with Gasteiger partial charge >= 0.3 is 0 Å². The minimum absolute atomic E-state index is 0.172. The van der Waals surface area contributed by atoms with Gasteiger partial charge in [0, 0.05) is 24.8 Å². The van der Waals surface area contributed by atoms with E-state index in [4.69, 9.17) is 0 Å². The van der Waals surface area contributed by atoms with Crippen LogP contribution in [0.25, 0.3) is 10.2 Å². The van der Waals surface area contributed by atoms with Gasteiger partial charge in [-0.25, -0.2) is 9.37 Å². The summed E-state index contributed by atoms with van der Waals surface area (Å²) in [6.45, 7) is 13.3. The fourth-order valence-corrected chi connectivity index (χ4v) is 4.34. The molecule has 0 saturated heterocycles. The molecular formula is C21H28FN5OS. The molecule has 0 unspecified atom stereocenters. The zero-order valence-corrected chi connectivity index (χ0v) is 18.5. The lowest BCUT2D eigenvalue weighted by atomic mass is 10.3. The highest BCUT2D eigenvalue weighted by Crippen LogP contribution is 2.30. The zero-order valence-electron chi connectivity index (χ0n) is 17.6. The van der Waals surface area contributed by atoms with Gasteiger partial charge in [0.2, 0.25) is 0 Å². The number of thiazole rings is 1. The van der Waals surface area contributed by atoms with Crippen molar-refractivity contribution in [1.29, 1.82) is 0 Å². The van der Waals surface area contributed by atoms with Crippen molar-refractivity contribution < 1.29 is 9.18 Å². The number of fused-ring (bicyclic) bond motifs is 1. The van der Waals surface area contributed by atoms with Crippen molar-refractivity contribution in [2.24, 2.45) is 0 Å². The van der Waals surface area contributed by atoms with Crippen molar-refractivity contribution in [2.45, 2.75) is 40.7 Å². The molecule has 156 valence electrons. The van der Waals surface area contributed by atoms with E-state index in [-0.39, 0.29) is 17.8 Å². The molecule has 0 aliphatic carbocycles. The first-order valence-electron chi connectivity index (χ1n) is 10.0. The molecule has 8 heteroatoms. The highest BCUT2D eigenvalue weighted by Gasteiger charge is 2.25. The van der Waals surface area contributed by atoms with E-state index >= 15 is 0 Å². The third-order valence-corrected chi connectivity index (χ3v) is 6.02. The van der Waals surface area contributed by atoms with Gasteiger partial charge in [-0.2, -0.15) is 5.10 Å². The van der Waals surface area contributed by atoms with Crippen LogP contribution in [-0.4, -0.2) is 51.8 Å². The van der Waals surface area contributed by atoms with Crippen molar-refractivity contribution >= 4 is 32.6 Å². The molecule has 0 N–H and O–H groups in total. The normalized spacial score (nSPS) is 11.7. The summed E-state index contributed by atoms with van der Waals surface area (Å²) in [5.74, 6) is -0.487. The first kappa shape index (κ1) is 21.4. The Bertz CT molecular complexity index is 992. The monoisotopic (exact) mass is 417 g/mol. The maximum absolute atomic E-state index is 13.6. The van der Waals surface area contributed by atoms with Crippen molar-refractivity contribution in [3.8, 4) is 0 Å². The van der Waals surface area contributed by atoms with Gasteiger partial charge in [0.25, 0.3) is 5.91 Å². The van der Waals surface area contributed by atoms with Crippen molar-refractivity contribution in [3.05, 3.63) is 41.5 Å². The summed E-state index contributed by atoms with van der Waals surface area (Å²) in [5.41, 5.74) is 2.04. The van der Waals surface area contributed by atoms with Gasteiger partial charge in [-0.1, -0.05) is 25.2 Å². The Morgan fingerprint density at radius 1 is 1.21 bits per heavy atom. The highest BCUT2D eigenvalue weighted by atomic mass is 32.1. The summed E-state index contributed by atoms with van der Waals surface area (Å²) in [5, 5.41) is 5.09. The maximum Gasteiger partial charge on any atom is 0.280 e. The van der Waals surface area contributed by atoms with E-state index in [0.29, 0.717) is 22.9 Å². The number of benzene rings is 1. The molecule has 2 aromatic heterocycles. The third-order valence-electron chi connectivity index (χ3n) is 4.98. The molecule has 0 spiro atoms. The van der Waals surface area contributed by atoms with Crippen LogP contribution in [0.15, 0.2) is 24.3 Å². The molecule has 0 saturated carbocycles. The summed E-state index contributed by atoms with van der Waals surface area (Å²) < 4.78 is 16.2. The van der Waals surface area contributed by atoms with E-state index in [1.807, 2.05) is 31.5 Å². The second-order valence-electron chi connectivity index (χ2n) is 7.30. The number of carbonyl (C=O) groups is 1. The molecule has 0 aliphatic heterocycles. The standard InChI is InChI=1S/C21H28FN5OS/c1-6-25(7-2)10-11-26(20(28)18-12-15(5)27(24-18)14(3)4)21-23-17-9-8-16(22)13-19(17)29-21/h8-9,12-14H,6-7,10-11H2,1-5H3. The number of aryl methyl sites for hydroxylation is 1. The van der Waals surface area contributed by atoms with Crippen LogP contribution in [0.1, 0.15) is 49.9 Å². The van der Waals surface area contributed by atoms with E-state index in [9.17, 15) is 9.18 Å². The molecule has 1 amide bonds. The van der Waals surface area contributed by atoms with Gasteiger partial charge in [-0.05, 0) is 58.1 Å². The molecule has 0 radical (unpaired) electrons. The van der Waals surface area contributed by atoms with E-state index in [2.05, 4.69) is 28.8 Å². The number of likely N-dealkylation sites (N-methyl/N-ethyl adjacent to an activating group) is 1. The van der Waals surface area contributed by atoms with Crippen molar-refractivity contribution in [2.75, 3.05) is 31.1 Å². The van der Waals surface area contributed by atoms with Gasteiger partial charge in [0.1, 0.15) is 5.82 Å². The topological polar surface area (TPSA) is 54.3 Å². The van der Waals surface area contributed by atoms with Gasteiger partial charge < -0.3 is 4.90 Å². The number of carbonyl (C=O) groups excluding carboxylic acids is 1. The maximum atomic E-state index is 13.6. The van der Waals surface area contributed by atoms with Crippen LogP contribution in [-0.2, 0) is 0 Å². The van der Waals surface area contributed by atoms with Crippen LogP contribution in [0.2, 0.25) is 0 Å². The molecule has 29 heavy (non-hydrogen) atoms. The van der Waals surface area contributed by atoms with Crippen LogP contribution in [0.5, 0.6) is 0 Å². The summed E-state index contributed by atoms with van der Waals surface area (Å²) in [6.07, 6.45) is 0. The number of aromatic nitrogens is 3.